The van der Waals surface area contributed by atoms with Crippen molar-refractivity contribution >= 4 is 58.1 Å². The Morgan fingerprint density at radius 3 is 2.55 bits per heavy atom. The maximum Gasteiger partial charge on any atom is 0.264 e. The molecule has 1 aromatic heterocycles. The number of hydrogen-bond acceptors (Lipinski definition) is 5. The molecule has 3 aliphatic rings. The predicted octanol–water partition coefficient (Wildman–Crippen LogP) is 3.31. The van der Waals surface area contributed by atoms with Crippen LogP contribution in [-0.4, -0.2) is 58.6 Å². The van der Waals surface area contributed by atoms with Crippen LogP contribution in [0.2, 0.25) is 5.02 Å². The van der Waals surface area contributed by atoms with Crippen molar-refractivity contribution in [3.63, 3.8) is 0 Å². The minimum Gasteiger partial charge on any atom is -0.336 e. The average molecular weight is 448 g/mol. The third-order valence-corrected chi connectivity index (χ3v) is 8.21. The number of thioether (sulfide) groups is 1. The molecule has 1 atom stereocenters. The van der Waals surface area contributed by atoms with Crippen LogP contribution in [0.15, 0.2) is 40.6 Å². The topological polar surface area (TPSA) is 60.9 Å². The van der Waals surface area contributed by atoms with Crippen molar-refractivity contribution in [1.29, 1.82) is 0 Å². The zero-order chi connectivity index (χ0) is 20.2. The van der Waals surface area contributed by atoms with Gasteiger partial charge in [0, 0.05) is 42.5 Å². The van der Waals surface area contributed by atoms with Gasteiger partial charge in [-0.2, -0.15) is 0 Å². The number of benzene rings is 1. The van der Waals surface area contributed by atoms with Crippen molar-refractivity contribution in [2.24, 2.45) is 0 Å². The summed E-state index contributed by atoms with van der Waals surface area (Å²) in [5.41, 5.74) is 0.727. The van der Waals surface area contributed by atoms with E-state index in [1.807, 2.05) is 23.6 Å². The lowest BCUT2D eigenvalue weighted by Crippen LogP contribution is -2.58. The van der Waals surface area contributed by atoms with Gasteiger partial charge in [-0.05, 0) is 36.1 Å². The molecule has 0 N–H and O–H groups in total. The van der Waals surface area contributed by atoms with Crippen LogP contribution in [0, 0.1) is 0 Å². The third kappa shape index (κ3) is 2.96. The first kappa shape index (κ1) is 19.0. The highest BCUT2D eigenvalue weighted by Crippen LogP contribution is 2.57. The molecule has 0 radical (unpaired) electrons. The highest BCUT2D eigenvalue weighted by molar-refractivity contribution is 8.02. The molecule has 3 aliphatic heterocycles. The number of halogens is 1. The fourth-order valence-electron chi connectivity index (χ4n) is 4.22. The average Bonchev–Trinajstić information content (AvgIpc) is 3.44. The van der Waals surface area contributed by atoms with Crippen molar-refractivity contribution < 1.29 is 14.4 Å². The molecule has 150 valence electrons. The van der Waals surface area contributed by atoms with Crippen molar-refractivity contribution in [2.45, 2.75) is 22.6 Å². The Labute approximate surface area is 181 Å². The van der Waals surface area contributed by atoms with Crippen molar-refractivity contribution in [3.8, 4) is 0 Å². The maximum atomic E-state index is 13.6. The lowest BCUT2D eigenvalue weighted by molar-refractivity contribution is -0.135. The van der Waals surface area contributed by atoms with Crippen LogP contribution in [0.25, 0.3) is 0 Å². The Hall–Kier alpha value is -2.03. The second kappa shape index (κ2) is 7.04. The SMILES string of the molecule is O=C(c1cccs1)N1CCN(C(=O)C23CCC(=O)N2c2cc(Cl)ccc2S3)CC1. The molecule has 1 unspecified atom stereocenters. The minimum absolute atomic E-state index is 0.0141. The van der Waals surface area contributed by atoms with E-state index in [2.05, 4.69) is 0 Å². The largest absolute Gasteiger partial charge is 0.336 e. The number of carbonyl (C=O) groups is 3. The zero-order valence-corrected chi connectivity index (χ0v) is 17.9. The second-order valence-electron chi connectivity index (χ2n) is 7.29. The van der Waals surface area contributed by atoms with Gasteiger partial charge in [0.2, 0.25) is 5.91 Å². The van der Waals surface area contributed by atoms with Crippen LogP contribution in [-0.2, 0) is 9.59 Å². The summed E-state index contributed by atoms with van der Waals surface area (Å²) in [5.74, 6) is -0.0810. The van der Waals surface area contributed by atoms with Crippen LogP contribution >= 0.6 is 34.7 Å². The van der Waals surface area contributed by atoms with Gasteiger partial charge in [-0.3, -0.25) is 19.3 Å². The molecule has 6 nitrogen and oxygen atoms in total. The number of hydrogen-bond donors (Lipinski definition) is 0. The Morgan fingerprint density at radius 2 is 1.83 bits per heavy atom. The quantitative estimate of drug-likeness (QED) is 0.708. The van der Waals surface area contributed by atoms with Crippen molar-refractivity contribution in [3.05, 3.63) is 45.6 Å². The summed E-state index contributed by atoms with van der Waals surface area (Å²) in [6, 6.07) is 9.11. The fraction of sp³-hybridized carbons (Fsp3) is 0.350. The number of fused-ring (bicyclic) bond motifs is 3. The Bertz CT molecular complexity index is 1000. The molecule has 0 bridgehead atoms. The van der Waals surface area contributed by atoms with Crippen LogP contribution in [0.4, 0.5) is 5.69 Å². The molecule has 0 spiro atoms. The molecule has 3 amide bonds. The van der Waals surface area contributed by atoms with Gasteiger partial charge < -0.3 is 9.80 Å². The van der Waals surface area contributed by atoms with E-state index in [1.165, 1.54) is 23.1 Å². The van der Waals surface area contributed by atoms with Gasteiger partial charge in [-0.15, -0.1) is 11.3 Å². The molecule has 0 saturated carbocycles. The molecule has 2 aromatic rings. The predicted molar refractivity (Wildman–Crippen MR) is 114 cm³/mol. The third-order valence-electron chi connectivity index (χ3n) is 5.65. The summed E-state index contributed by atoms with van der Waals surface area (Å²) in [6.45, 7) is 1.93. The lowest BCUT2D eigenvalue weighted by atomic mass is 10.1. The molecule has 29 heavy (non-hydrogen) atoms. The van der Waals surface area contributed by atoms with E-state index in [-0.39, 0.29) is 17.7 Å². The summed E-state index contributed by atoms with van der Waals surface area (Å²) < 4.78 is 0. The van der Waals surface area contributed by atoms with Crippen LogP contribution < -0.4 is 4.90 Å². The van der Waals surface area contributed by atoms with Gasteiger partial charge in [0.25, 0.3) is 11.8 Å². The first-order chi connectivity index (χ1) is 14.0. The number of amides is 3. The summed E-state index contributed by atoms with van der Waals surface area (Å²) in [7, 11) is 0. The molecule has 2 fully saturated rings. The van der Waals surface area contributed by atoms with Crippen LogP contribution in [0.5, 0.6) is 0 Å². The molecule has 4 heterocycles. The highest BCUT2D eigenvalue weighted by atomic mass is 35.5. The molecule has 1 aromatic carbocycles. The Balaban J connectivity index is 1.35. The standard InChI is InChI=1S/C20H18ClN3O3S2/c21-13-3-4-15-14(12-13)24-17(25)5-6-20(24,29-15)19(27)23-9-7-22(8-10-23)18(26)16-2-1-11-28-16/h1-4,11-12H,5-10H2. The number of nitrogens with zero attached hydrogens (tertiary/aromatic N) is 3. The summed E-state index contributed by atoms with van der Waals surface area (Å²) in [6.07, 6.45) is 0.831. The summed E-state index contributed by atoms with van der Waals surface area (Å²) in [5, 5.41) is 2.44. The minimum atomic E-state index is -0.927. The molecule has 0 aliphatic carbocycles. The number of carbonyl (C=O) groups excluding carboxylic acids is 3. The monoisotopic (exact) mass is 447 g/mol. The molecular formula is C20H18ClN3O3S2. The van der Waals surface area contributed by atoms with Gasteiger partial charge in [0.05, 0.1) is 10.6 Å². The van der Waals surface area contributed by atoms with Gasteiger partial charge in [0.1, 0.15) is 0 Å². The first-order valence-electron chi connectivity index (χ1n) is 9.43. The Morgan fingerprint density at radius 1 is 1.07 bits per heavy atom. The fourth-order valence-corrected chi connectivity index (χ4v) is 6.55. The molecule has 5 rings (SSSR count). The number of rotatable bonds is 2. The first-order valence-corrected chi connectivity index (χ1v) is 11.5. The molecule has 2 saturated heterocycles. The number of anilines is 1. The van der Waals surface area contributed by atoms with Gasteiger partial charge in [0.15, 0.2) is 4.87 Å². The van der Waals surface area contributed by atoms with Crippen LogP contribution in [0.1, 0.15) is 22.5 Å². The smallest absolute Gasteiger partial charge is 0.264 e. The van der Waals surface area contributed by atoms with E-state index >= 15 is 0 Å². The zero-order valence-electron chi connectivity index (χ0n) is 15.5. The van der Waals surface area contributed by atoms with E-state index in [0.717, 1.165) is 15.5 Å². The van der Waals surface area contributed by atoms with Crippen LogP contribution in [0.3, 0.4) is 0 Å². The van der Waals surface area contributed by atoms with Crippen molar-refractivity contribution in [1.82, 2.24) is 9.80 Å². The van der Waals surface area contributed by atoms with Gasteiger partial charge in [-0.25, -0.2) is 0 Å². The van der Waals surface area contributed by atoms with E-state index < -0.39 is 4.87 Å². The highest BCUT2D eigenvalue weighted by Gasteiger charge is 2.58. The van der Waals surface area contributed by atoms with Gasteiger partial charge >= 0.3 is 0 Å². The van der Waals surface area contributed by atoms with Gasteiger partial charge in [-0.1, -0.05) is 29.4 Å². The number of thiophene rings is 1. The normalized spacial score (nSPS) is 23.3. The van der Waals surface area contributed by atoms with Crippen molar-refractivity contribution in [2.75, 3.05) is 31.1 Å². The van der Waals surface area contributed by atoms with E-state index in [4.69, 9.17) is 11.6 Å². The number of piperazine rings is 1. The summed E-state index contributed by atoms with van der Waals surface area (Å²) >= 11 is 9.02. The van der Waals surface area contributed by atoms with E-state index in [0.29, 0.717) is 44.0 Å². The second-order valence-corrected chi connectivity index (χ2v) is 9.99. The molecular weight excluding hydrogens is 430 g/mol. The van der Waals surface area contributed by atoms with E-state index in [9.17, 15) is 14.4 Å². The Kier molecular flexibility index (Phi) is 4.60. The summed E-state index contributed by atoms with van der Waals surface area (Å²) in [4.78, 5) is 44.7. The lowest BCUT2D eigenvalue weighted by Gasteiger charge is -2.40. The van der Waals surface area contributed by atoms with E-state index in [1.54, 1.807) is 26.8 Å². The maximum absolute atomic E-state index is 13.6. The molecule has 9 heteroatoms.